The van der Waals surface area contributed by atoms with Crippen LogP contribution >= 0.6 is 11.6 Å². The summed E-state index contributed by atoms with van der Waals surface area (Å²) in [7, 11) is 0. The molecule has 1 aliphatic carbocycles. The third-order valence-electron chi connectivity index (χ3n) is 5.18. The molecule has 2 N–H and O–H groups in total. The number of halogens is 1. The highest BCUT2D eigenvalue weighted by Crippen LogP contribution is 2.45. The highest BCUT2D eigenvalue weighted by Gasteiger charge is 2.26. The Kier molecular flexibility index (Phi) is 3.85. The first-order chi connectivity index (χ1) is 13.6. The molecule has 0 bridgehead atoms. The number of hydrogen-bond acceptors (Lipinski definition) is 3. The van der Waals surface area contributed by atoms with Crippen LogP contribution in [0.3, 0.4) is 0 Å². The van der Waals surface area contributed by atoms with E-state index in [1.165, 1.54) is 0 Å². The van der Waals surface area contributed by atoms with Gasteiger partial charge in [0.15, 0.2) is 0 Å². The fraction of sp³-hybridized carbons (Fsp3) is 0.0417. The number of aromatic hydroxyl groups is 2. The van der Waals surface area contributed by atoms with E-state index in [-0.39, 0.29) is 11.5 Å². The van der Waals surface area contributed by atoms with Crippen LogP contribution in [0.4, 0.5) is 0 Å². The van der Waals surface area contributed by atoms with Crippen molar-refractivity contribution >= 4 is 11.6 Å². The Labute approximate surface area is 167 Å². The quantitative estimate of drug-likeness (QED) is 0.389. The van der Waals surface area contributed by atoms with Crippen molar-refractivity contribution in [2.75, 3.05) is 0 Å². The summed E-state index contributed by atoms with van der Waals surface area (Å²) < 4.78 is 0. The van der Waals surface area contributed by atoms with Crippen molar-refractivity contribution in [2.45, 2.75) is 6.42 Å². The lowest BCUT2D eigenvalue weighted by atomic mass is 9.96. The molecule has 0 spiro atoms. The lowest BCUT2D eigenvalue weighted by molar-refractivity contribution is 0.470. The summed E-state index contributed by atoms with van der Waals surface area (Å²) in [6.07, 6.45) is 0.607. The van der Waals surface area contributed by atoms with Crippen molar-refractivity contribution in [2.24, 2.45) is 0 Å². The summed E-state index contributed by atoms with van der Waals surface area (Å²) in [5, 5.41) is 21.0. The van der Waals surface area contributed by atoms with E-state index in [9.17, 15) is 10.2 Å². The average molecular weight is 386 g/mol. The first kappa shape index (κ1) is 16.8. The number of fused-ring (bicyclic) bond motifs is 3. The Morgan fingerprint density at radius 2 is 1.54 bits per heavy atom. The molecule has 1 aliphatic rings. The zero-order valence-electron chi connectivity index (χ0n) is 14.9. The summed E-state index contributed by atoms with van der Waals surface area (Å²) >= 11 is 6.05. The molecule has 1 aromatic heterocycles. The molecule has 0 amide bonds. The second kappa shape index (κ2) is 6.39. The van der Waals surface area contributed by atoms with Crippen LogP contribution in [-0.4, -0.2) is 15.2 Å². The molecule has 0 saturated heterocycles. The molecule has 3 aromatic carbocycles. The second-order valence-corrected chi connectivity index (χ2v) is 7.36. The minimum Gasteiger partial charge on any atom is -0.508 e. The molecule has 0 saturated carbocycles. The number of nitrogens with zero attached hydrogens (tertiary/aromatic N) is 1. The fourth-order valence-corrected chi connectivity index (χ4v) is 3.96. The van der Waals surface area contributed by atoms with Gasteiger partial charge in [-0.3, -0.25) is 0 Å². The highest BCUT2D eigenvalue weighted by atomic mass is 35.5. The van der Waals surface area contributed by atoms with Crippen molar-refractivity contribution in [3.05, 3.63) is 88.9 Å². The summed E-state index contributed by atoms with van der Waals surface area (Å²) in [6.45, 7) is 0. The van der Waals surface area contributed by atoms with Crippen LogP contribution in [0, 0.1) is 0 Å². The van der Waals surface area contributed by atoms with Gasteiger partial charge in [-0.2, -0.15) is 0 Å². The minimum atomic E-state index is 0.217. The molecule has 3 nitrogen and oxygen atoms in total. The maximum atomic E-state index is 10.3. The molecule has 0 aliphatic heterocycles. The summed E-state index contributed by atoms with van der Waals surface area (Å²) in [5.41, 5.74) is 7.47. The Balaban J connectivity index is 1.79. The maximum absolute atomic E-state index is 10.3. The average Bonchev–Trinajstić information content (AvgIpc) is 3.08. The molecule has 136 valence electrons. The van der Waals surface area contributed by atoms with E-state index in [1.54, 1.807) is 18.2 Å². The monoisotopic (exact) mass is 385 g/mol. The standard InChI is InChI=1S/C24H16ClNO2/c25-16-9-7-14(8-10-16)22-13-19(15-3-1-4-17(27)11-15)21-12-20-18(24(21)26-22)5-2-6-23(20)28/h1-11,13,27-28H,12H2. The van der Waals surface area contributed by atoms with E-state index in [0.29, 0.717) is 11.4 Å². The van der Waals surface area contributed by atoms with Gasteiger partial charge in [0.1, 0.15) is 11.5 Å². The van der Waals surface area contributed by atoms with Crippen LogP contribution in [-0.2, 0) is 6.42 Å². The van der Waals surface area contributed by atoms with Gasteiger partial charge in [0, 0.05) is 28.1 Å². The number of phenolic OH excluding ortho intramolecular Hbond substituents is 2. The van der Waals surface area contributed by atoms with Crippen molar-refractivity contribution in [1.29, 1.82) is 0 Å². The Morgan fingerprint density at radius 1 is 0.750 bits per heavy atom. The molecule has 0 atom stereocenters. The van der Waals surface area contributed by atoms with Gasteiger partial charge in [-0.15, -0.1) is 0 Å². The van der Waals surface area contributed by atoms with Crippen LogP contribution in [0.25, 0.3) is 33.6 Å². The van der Waals surface area contributed by atoms with Crippen LogP contribution in [0.15, 0.2) is 72.8 Å². The SMILES string of the molecule is Oc1cccc(-c2cc(-c3ccc(Cl)cc3)nc3c2Cc2c(O)cccc2-3)c1. The molecular formula is C24H16ClNO2. The zero-order chi connectivity index (χ0) is 19.3. The van der Waals surface area contributed by atoms with E-state index in [0.717, 1.165) is 44.8 Å². The van der Waals surface area contributed by atoms with Crippen molar-refractivity contribution in [3.8, 4) is 45.1 Å². The van der Waals surface area contributed by atoms with Crippen LogP contribution in [0.5, 0.6) is 11.5 Å². The number of benzene rings is 3. The number of aromatic nitrogens is 1. The lowest BCUT2D eigenvalue weighted by Crippen LogP contribution is -1.94. The van der Waals surface area contributed by atoms with Crippen LogP contribution in [0.2, 0.25) is 5.02 Å². The second-order valence-electron chi connectivity index (χ2n) is 6.92. The summed E-state index contributed by atoms with van der Waals surface area (Å²) in [4.78, 5) is 4.93. The van der Waals surface area contributed by atoms with Gasteiger partial charge in [0.25, 0.3) is 0 Å². The van der Waals surface area contributed by atoms with Crippen LogP contribution < -0.4 is 0 Å². The Morgan fingerprint density at radius 3 is 2.32 bits per heavy atom. The maximum Gasteiger partial charge on any atom is 0.119 e. The first-order valence-corrected chi connectivity index (χ1v) is 9.38. The van der Waals surface area contributed by atoms with E-state index < -0.39 is 0 Å². The molecule has 0 radical (unpaired) electrons. The van der Waals surface area contributed by atoms with Crippen molar-refractivity contribution < 1.29 is 10.2 Å². The number of hydrogen-bond donors (Lipinski definition) is 2. The third-order valence-corrected chi connectivity index (χ3v) is 5.43. The molecule has 28 heavy (non-hydrogen) atoms. The minimum absolute atomic E-state index is 0.217. The summed E-state index contributed by atoms with van der Waals surface area (Å²) in [6, 6.07) is 22.4. The van der Waals surface area contributed by atoms with Crippen molar-refractivity contribution in [1.82, 2.24) is 4.98 Å². The number of pyridine rings is 1. The molecule has 4 aromatic rings. The third kappa shape index (κ3) is 2.72. The largest absolute Gasteiger partial charge is 0.508 e. The Hall–Kier alpha value is -3.30. The van der Waals surface area contributed by atoms with Gasteiger partial charge in [0.05, 0.1) is 11.4 Å². The van der Waals surface area contributed by atoms with E-state index in [2.05, 4.69) is 0 Å². The Bertz CT molecular complexity index is 1220. The number of rotatable bonds is 2. The van der Waals surface area contributed by atoms with Gasteiger partial charge in [-0.05, 0) is 53.1 Å². The van der Waals surface area contributed by atoms with Gasteiger partial charge in [-0.1, -0.05) is 48.0 Å². The van der Waals surface area contributed by atoms with E-state index in [4.69, 9.17) is 16.6 Å². The topological polar surface area (TPSA) is 53.4 Å². The summed E-state index contributed by atoms with van der Waals surface area (Å²) in [5.74, 6) is 0.500. The molecular weight excluding hydrogens is 370 g/mol. The van der Waals surface area contributed by atoms with Gasteiger partial charge in [-0.25, -0.2) is 4.98 Å². The van der Waals surface area contributed by atoms with Gasteiger partial charge in [0.2, 0.25) is 0 Å². The fourth-order valence-electron chi connectivity index (χ4n) is 3.83. The molecule has 0 fully saturated rings. The highest BCUT2D eigenvalue weighted by molar-refractivity contribution is 6.30. The van der Waals surface area contributed by atoms with Crippen molar-refractivity contribution in [3.63, 3.8) is 0 Å². The molecule has 4 heteroatoms. The van der Waals surface area contributed by atoms with Gasteiger partial charge < -0.3 is 10.2 Å². The lowest BCUT2D eigenvalue weighted by Gasteiger charge is -2.12. The molecule has 1 heterocycles. The zero-order valence-corrected chi connectivity index (χ0v) is 15.6. The normalized spacial score (nSPS) is 11.9. The smallest absolute Gasteiger partial charge is 0.119 e. The van der Waals surface area contributed by atoms with Gasteiger partial charge >= 0.3 is 0 Å². The van der Waals surface area contributed by atoms with Crippen LogP contribution in [0.1, 0.15) is 11.1 Å². The molecule has 5 rings (SSSR count). The number of phenols is 2. The van der Waals surface area contributed by atoms with E-state index >= 15 is 0 Å². The molecule has 0 unspecified atom stereocenters. The van der Waals surface area contributed by atoms with E-state index in [1.807, 2.05) is 54.6 Å². The predicted octanol–water partition coefficient (Wildman–Crippen LogP) is 6.05. The first-order valence-electron chi connectivity index (χ1n) is 9.00. The predicted molar refractivity (Wildman–Crippen MR) is 112 cm³/mol.